The molecular formula is C22H25N3O5. The third kappa shape index (κ3) is 6.51. The molecule has 1 atom stereocenters. The molecule has 0 radical (unpaired) electrons. The van der Waals surface area contributed by atoms with Gasteiger partial charge in [0.25, 0.3) is 11.8 Å². The quantitative estimate of drug-likeness (QED) is 0.311. The first kappa shape index (κ1) is 22.7. The highest BCUT2D eigenvalue weighted by Crippen LogP contribution is 2.14. The van der Waals surface area contributed by atoms with Gasteiger partial charge in [-0.2, -0.15) is 0 Å². The van der Waals surface area contributed by atoms with Gasteiger partial charge in [0, 0.05) is 16.7 Å². The highest BCUT2D eigenvalue weighted by atomic mass is 16.5. The smallest absolute Gasteiger partial charge is 0.267 e. The van der Waals surface area contributed by atoms with Crippen molar-refractivity contribution in [1.82, 2.24) is 10.8 Å². The number of hydroxylamine groups is 1. The zero-order chi connectivity index (χ0) is 22.1. The molecule has 2 amide bonds. The van der Waals surface area contributed by atoms with E-state index in [0.717, 1.165) is 11.3 Å². The maximum atomic E-state index is 12.4. The van der Waals surface area contributed by atoms with Crippen molar-refractivity contribution in [2.24, 2.45) is 5.73 Å². The lowest BCUT2D eigenvalue weighted by Gasteiger charge is -2.29. The van der Waals surface area contributed by atoms with Crippen LogP contribution in [-0.2, 0) is 4.79 Å². The van der Waals surface area contributed by atoms with Crippen molar-refractivity contribution < 1.29 is 24.3 Å². The van der Waals surface area contributed by atoms with E-state index in [1.165, 1.54) is 5.48 Å². The maximum Gasteiger partial charge on any atom is 0.267 e. The summed E-state index contributed by atoms with van der Waals surface area (Å²) in [5.41, 5.74) is 7.50. The first-order chi connectivity index (χ1) is 14.2. The van der Waals surface area contributed by atoms with Crippen molar-refractivity contribution in [1.29, 1.82) is 0 Å². The lowest BCUT2D eigenvalue weighted by molar-refractivity contribution is -0.132. The van der Waals surface area contributed by atoms with Crippen molar-refractivity contribution in [3.63, 3.8) is 0 Å². The molecule has 158 valence electrons. The van der Waals surface area contributed by atoms with Crippen LogP contribution in [0.1, 0.15) is 29.8 Å². The van der Waals surface area contributed by atoms with Gasteiger partial charge in [0.1, 0.15) is 24.1 Å². The molecule has 0 aliphatic heterocycles. The van der Waals surface area contributed by atoms with E-state index >= 15 is 0 Å². The average Bonchev–Trinajstić information content (AvgIpc) is 2.74. The lowest BCUT2D eigenvalue weighted by Crippen LogP contribution is -2.61. The third-order valence-corrected chi connectivity index (χ3v) is 4.14. The molecule has 0 heterocycles. The van der Waals surface area contributed by atoms with Crippen LogP contribution in [0.3, 0.4) is 0 Å². The van der Waals surface area contributed by atoms with Crippen molar-refractivity contribution in [2.75, 3.05) is 13.7 Å². The van der Waals surface area contributed by atoms with Gasteiger partial charge in [0.05, 0.1) is 7.11 Å². The molecule has 0 bridgehead atoms. The molecule has 30 heavy (non-hydrogen) atoms. The molecular weight excluding hydrogens is 386 g/mol. The number of hydrogen-bond donors (Lipinski definition) is 4. The van der Waals surface area contributed by atoms with Crippen LogP contribution in [-0.4, -0.2) is 42.3 Å². The Hall–Kier alpha value is -3.54. The fraction of sp³-hybridized carbons (Fsp3) is 0.273. The number of methoxy groups -OCH3 is 1. The Morgan fingerprint density at radius 3 is 2.23 bits per heavy atom. The first-order valence-electron chi connectivity index (χ1n) is 9.14. The zero-order valence-electron chi connectivity index (χ0n) is 17.1. The van der Waals surface area contributed by atoms with Crippen LogP contribution in [0.15, 0.2) is 48.5 Å². The number of hydrogen-bond acceptors (Lipinski definition) is 6. The van der Waals surface area contributed by atoms with E-state index in [9.17, 15) is 9.59 Å². The molecule has 0 fully saturated rings. The van der Waals surface area contributed by atoms with E-state index in [1.807, 2.05) is 24.3 Å². The van der Waals surface area contributed by atoms with Crippen LogP contribution in [0.25, 0.3) is 0 Å². The van der Waals surface area contributed by atoms with Crippen molar-refractivity contribution in [3.8, 4) is 23.3 Å². The van der Waals surface area contributed by atoms with E-state index in [2.05, 4.69) is 17.2 Å². The van der Waals surface area contributed by atoms with Crippen molar-refractivity contribution in [3.05, 3.63) is 59.7 Å². The van der Waals surface area contributed by atoms with Crippen molar-refractivity contribution >= 4 is 11.8 Å². The van der Waals surface area contributed by atoms with Crippen LogP contribution in [0.2, 0.25) is 0 Å². The minimum absolute atomic E-state index is 0.178. The topological polar surface area (TPSA) is 123 Å². The van der Waals surface area contributed by atoms with Gasteiger partial charge >= 0.3 is 0 Å². The predicted molar refractivity (Wildman–Crippen MR) is 111 cm³/mol. The summed E-state index contributed by atoms with van der Waals surface area (Å²) < 4.78 is 10.6. The number of carbonyl (C=O) groups excluding carboxylic acids is 2. The largest absolute Gasteiger partial charge is 0.497 e. The van der Waals surface area contributed by atoms with Gasteiger partial charge < -0.3 is 20.5 Å². The second-order valence-electron chi connectivity index (χ2n) is 7.05. The summed E-state index contributed by atoms with van der Waals surface area (Å²) >= 11 is 0. The number of carbonyl (C=O) groups is 2. The number of nitrogens with one attached hydrogen (secondary N) is 2. The summed E-state index contributed by atoms with van der Waals surface area (Å²) in [7, 11) is 1.60. The fourth-order valence-electron chi connectivity index (χ4n) is 2.50. The van der Waals surface area contributed by atoms with Gasteiger partial charge in [0.2, 0.25) is 0 Å². The Bertz CT molecular complexity index is 922. The van der Waals surface area contributed by atoms with Gasteiger partial charge in [-0.15, -0.1) is 0 Å². The summed E-state index contributed by atoms with van der Waals surface area (Å²) in [6, 6.07) is 12.6. The van der Waals surface area contributed by atoms with Gasteiger partial charge in [-0.1, -0.05) is 11.8 Å². The van der Waals surface area contributed by atoms with E-state index < -0.39 is 23.4 Å². The molecule has 0 saturated heterocycles. The standard InChI is InChI=1S/C22H25N3O5/c1-22(2,23)19(21(27)25-28)24-20(26)16-8-12-18(13-9-16)30-14-4-5-15-6-10-17(29-3)11-7-15/h6-13,19,28H,14,23H2,1-3H3,(H,24,26)(H,25,27)/t19-/m1/s1. The second-order valence-corrected chi connectivity index (χ2v) is 7.05. The van der Waals surface area contributed by atoms with E-state index in [-0.39, 0.29) is 6.61 Å². The summed E-state index contributed by atoms with van der Waals surface area (Å²) in [6.07, 6.45) is 0. The highest BCUT2D eigenvalue weighted by Gasteiger charge is 2.33. The second kappa shape index (κ2) is 10.3. The van der Waals surface area contributed by atoms with Crippen LogP contribution in [0.5, 0.6) is 11.5 Å². The average molecular weight is 411 g/mol. The number of ether oxygens (including phenoxy) is 2. The Morgan fingerprint density at radius 1 is 1.10 bits per heavy atom. The first-order valence-corrected chi connectivity index (χ1v) is 9.14. The SMILES string of the molecule is COc1ccc(C#CCOc2ccc(C(=O)N[C@H](C(=O)NO)C(C)(C)N)cc2)cc1. The molecule has 0 aliphatic rings. The number of nitrogens with two attached hydrogens (primary N) is 1. The molecule has 5 N–H and O–H groups in total. The number of amides is 2. The fourth-order valence-corrected chi connectivity index (χ4v) is 2.50. The molecule has 8 heteroatoms. The molecule has 0 saturated carbocycles. The molecule has 2 aromatic carbocycles. The normalized spacial score (nSPS) is 11.5. The molecule has 0 aromatic heterocycles. The summed E-state index contributed by atoms with van der Waals surface area (Å²) in [6.45, 7) is 3.31. The Balaban J connectivity index is 1.93. The minimum Gasteiger partial charge on any atom is -0.497 e. The molecule has 0 unspecified atom stereocenters. The number of rotatable bonds is 7. The van der Waals surface area contributed by atoms with Crippen LogP contribution >= 0.6 is 0 Å². The maximum absolute atomic E-state index is 12.4. The Kier molecular flexibility index (Phi) is 7.81. The van der Waals surface area contributed by atoms with Gasteiger partial charge in [-0.05, 0) is 62.4 Å². The van der Waals surface area contributed by atoms with Crippen LogP contribution in [0, 0.1) is 11.8 Å². The molecule has 2 rings (SSSR count). The van der Waals surface area contributed by atoms with E-state index in [0.29, 0.717) is 11.3 Å². The molecule has 2 aromatic rings. The van der Waals surface area contributed by atoms with Gasteiger partial charge in [-0.25, -0.2) is 5.48 Å². The Morgan fingerprint density at radius 2 is 1.70 bits per heavy atom. The molecule has 8 nitrogen and oxygen atoms in total. The van der Waals surface area contributed by atoms with Crippen LogP contribution in [0.4, 0.5) is 0 Å². The minimum atomic E-state index is -1.11. The zero-order valence-corrected chi connectivity index (χ0v) is 17.1. The highest BCUT2D eigenvalue weighted by molar-refractivity contribution is 5.97. The van der Waals surface area contributed by atoms with Gasteiger partial charge in [0.15, 0.2) is 0 Å². The molecule has 0 aliphatic carbocycles. The lowest BCUT2D eigenvalue weighted by atomic mass is 9.95. The summed E-state index contributed by atoms with van der Waals surface area (Å²) in [4.78, 5) is 24.2. The Labute approximate surface area is 175 Å². The monoisotopic (exact) mass is 411 g/mol. The van der Waals surface area contributed by atoms with E-state index in [4.69, 9.17) is 20.4 Å². The van der Waals surface area contributed by atoms with Crippen LogP contribution < -0.4 is 26.0 Å². The predicted octanol–water partition coefficient (Wildman–Crippen LogP) is 1.47. The van der Waals surface area contributed by atoms with Gasteiger partial charge in [-0.3, -0.25) is 14.8 Å². The number of benzene rings is 2. The van der Waals surface area contributed by atoms with E-state index in [1.54, 1.807) is 45.2 Å². The summed E-state index contributed by atoms with van der Waals surface area (Å²) in [5.74, 6) is 5.89. The molecule has 0 spiro atoms. The summed E-state index contributed by atoms with van der Waals surface area (Å²) in [5, 5.41) is 11.4. The van der Waals surface area contributed by atoms with Crippen molar-refractivity contribution in [2.45, 2.75) is 25.4 Å². The third-order valence-electron chi connectivity index (χ3n) is 4.14.